The van der Waals surface area contributed by atoms with Crippen molar-refractivity contribution < 1.29 is 19.0 Å². The number of nitrogens with one attached hydrogen (secondary N) is 1. The van der Waals surface area contributed by atoms with Gasteiger partial charge in [0.2, 0.25) is 0 Å². The Morgan fingerprint density at radius 2 is 2.30 bits per heavy atom. The molecular formula is C17H25FN2O3. The van der Waals surface area contributed by atoms with E-state index in [2.05, 4.69) is 10.2 Å². The van der Waals surface area contributed by atoms with E-state index in [0.717, 1.165) is 38.8 Å². The molecule has 1 aliphatic rings. The van der Waals surface area contributed by atoms with Crippen molar-refractivity contribution in [2.75, 3.05) is 33.4 Å². The minimum absolute atomic E-state index is 0.130. The Hall–Kier alpha value is -1.66. The second kappa shape index (κ2) is 8.84. The molecule has 6 heteroatoms. The number of amides is 1. The van der Waals surface area contributed by atoms with Crippen LogP contribution in [0.25, 0.3) is 0 Å². The number of ether oxygens (including phenoxy) is 1. The maximum absolute atomic E-state index is 13.6. The molecule has 128 valence electrons. The summed E-state index contributed by atoms with van der Waals surface area (Å²) in [4.78, 5) is 14.3. The van der Waals surface area contributed by atoms with E-state index >= 15 is 0 Å². The number of methoxy groups -OCH3 is 1. The number of aliphatic hydroxyl groups excluding tert-OH is 1. The predicted octanol–water partition coefficient (Wildman–Crippen LogP) is 1.80. The zero-order valence-corrected chi connectivity index (χ0v) is 13.6. The molecule has 0 bridgehead atoms. The molecule has 1 aliphatic heterocycles. The Bertz CT molecular complexity index is 525. The number of hydrogen-bond acceptors (Lipinski definition) is 4. The molecule has 1 aromatic rings. The summed E-state index contributed by atoms with van der Waals surface area (Å²) < 4.78 is 18.4. The summed E-state index contributed by atoms with van der Waals surface area (Å²) in [7, 11) is 1.39. The van der Waals surface area contributed by atoms with Crippen molar-refractivity contribution >= 4 is 5.91 Å². The highest BCUT2D eigenvalue weighted by atomic mass is 19.1. The third-order valence-corrected chi connectivity index (χ3v) is 4.28. The zero-order valence-electron chi connectivity index (χ0n) is 13.6. The molecule has 0 aromatic heterocycles. The van der Waals surface area contributed by atoms with Gasteiger partial charge in [0.15, 0.2) is 11.6 Å². The van der Waals surface area contributed by atoms with E-state index in [9.17, 15) is 14.3 Å². The van der Waals surface area contributed by atoms with Crippen LogP contribution < -0.4 is 10.1 Å². The highest BCUT2D eigenvalue weighted by Crippen LogP contribution is 2.18. The molecule has 1 amide bonds. The van der Waals surface area contributed by atoms with Gasteiger partial charge in [0.05, 0.1) is 13.7 Å². The van der Waals surface area contributed by atoms with Crippen LogP contribution in [0.5, 0.6) is 5.75 Å². The molecule has 1 saturated heterocycles. The third kappa shape index (κ3) is 4.91. The van der Waals surface area contributed by atoms with Crippen LogP contribution in [0.15, 0.2) is 18.2 Å². The molecule has 5 nitrogen and oxygen atoms in total. The normalized spacial score (nSPS) is 18.1. The molecule has 2 N–H and O–H groups in total. The molecule has 23 heavy (non-hydrogen) atoms. The Labute approximate surface area is 136 Å². The van der Waals surface area contributed by atoms with Gasteiger partial charge in [0.1, 0.15) is 0 Å². The topological polar surface area (TPSA) is 61.8 Å². The van der Waals surface area contributed by atoms with Gasteiger partial charge in [0.25, 0.3) is 5.91 Å². The van der Waals surface area contributed by atoms with E-state index in [-0.39, 0.29) is 18.3 Å². The molecule has 2 rings (SSSR count). The first-order chi connectivity index (χ1) is 11.2. The lowest BCUT2D eigenvalue weighted by molar-refractivity contribution is 0.0951. The summed E-state index contributed by atoms with van der Waals surface area (Å²) in [5.41, 5.74) is 0.295. The Balaban J connectivity index is 1.68. The van der Waals surface area contributed by atoms with Gasteiger partial charge in [-0.1, -0.05) is 0 Å². The third-order valence-electron chi connectivity index (χ3n) is 4.28. The van der Waals surface area contributed by atoms with Crippen LogP contribution in [-0.4, -0.2) is 55.3 Å². The molecule has 1 heterocycles. The van der Waals surface area contributed by atoms with Crippen molar-refractivity contribution in [3.05, 3.63) is 29.6 Å². The van der Waals surface area contributed by atoms with Crippen molar-refractivity contribution in [2.45, 2.75) is 31.7 Å². The number of benzene rings is 1. The zero-order chi connectivity index (χ0) is 16.7. The number of unbranched alkanes of at least 4 members (excludes halogenated alkanes) is 1. The standard InChI is InChI=1S/C17H25FN2O3/c1-23-16-7-6-13(11-15(16)18)17(22)19-8-2-3-9-20-10-4-5-14(20)12-21/h6-7,11,14,21H,2-5,8-10,12H2,1H3,(H,19,22). The average molecular weight is 324 g/mol. The number of halogens is 1. The molecule has 1 atom stereocenters. The number of carbonyl (C=O) groups is 1. The van der Waals surface area contributed by atoms with Gasteiger partial charge in [-0.15, -0.1) is 0 Å². The highest BCUT2D eigenvalue weighted by molar-refractivity contribution is 5.94. The number of aliphatic hydroxyl groups is 1. The van der Waals surface area contributed by atoms with Gasteiger partial charge in [-0.3, -0.25) is 9.69 Å². The lowest BCUT2D eigenvalue weighted by Crippen LogP contribution is -2.33. The summed E-state index contributed by atoms with van der Waals surface area (Å²) in [5.74, 6) is -0.684. The van der Waals surface area contributed by atoms with Crippen molar-refractivity contribution in [2.24, 2.45) is 0 Å². The van der Waals surface area contributed by atoms with Gasteiger partial charge in [-0.25, -0.2) is 4.39 Å². The van der Waals surface area contributed by atoms with Crippen LogP contribution in [0.4, 0.5) is 4.39 Å². The van der Waals surface area contributed by atoms with Crippen molar-refractivity contribution in [1.82, 2.24) is 10.2 Å². The van der Waals surface area contributed by atoms with Crippen molar-refractivity contribution in [3.63, 3.8) is 0 Å². The SMILES string of the molecule is COc1ccc(C(=O)NCCCCN2CCCC2CO)cc1F. The maximum Gasteiger partial charge on any atom is 0.251 e. The highest BCUT2D eigenvalue weighted by Gasteiger charge is 2.22. The van der Waals surface area contributed by atoms with E-state index in [0.29, 0.717) is 18.2 Å². The van der Waals surface area contributed by atoms with Crippen molar-refractivity contribution in [1.29, 1.82) is 0 Å². The van der Waals surface area contributed by atoms with E-state index < -0.39 is 5.82 Å². The number of likely N-dealkylation sites (tertiary alicyclic amines) is 1. The minimum atomic E-state index is -0.538. The molecule has 0 saturated carbocycles. The average Bonchev–Trinajstić information content (AvgIpc) is 3.01. The first-order valence-electron chi connectivity index (χ1n) is 8.12. The lowest BCUT2D eigenvalue weighted by Gasteiger charge is -2.22. The number of hydrogen-bond donors (Lipinski definition) is 2. The van der Waals surface area contributed by atoms with Crippen LogP contribution in [-0.2, 0) is 0 Å². The van der Waals surface area contributed by atoms with E-state index in [4.69, 9.17) is 4.74 Å². The maximum atomic E-state index is 13.6. The summed E-state index contributed by atoms with van der Waals surface area (Å²) in [5, 5.41) is 12.1. The van der Waals surface area contributed by atoms with Gasteiger partial charge in [0, 0.05) is 18.2 Å². The van der Waals surface area contributed by atoms with Crippen LogP contribution in [0.3, 0.4) is 0 Å². The second-order valence-corrected chi connectivity index (χ2v) is 5.83. The largest absolute Gasteiger partial charge is 0.494 e. The molecule has 1 fully saturated rings. The molecule has 1 unspecified atom stereocenters. The summed E-state index contributed by atoms with van der Waals surface area (Å²) >= 11 is 0. The summed E-state index contributed by atoms with van der Waals surface area (Å²) in [6.45, 7) is 2.77. The fourth-order valence-corrected chi connectivity index (χ4v) is 2.95. The van der Waals surface area contributed by atoms with Gasteiger partial charge in [-0.05, 0) is 57.0 Å². The van der Waals surface area contributed by atoms with E-state index in [1.165, 1.54) is 19.2 Å². The van der Waals surface area contributed by atoms with E-state index in [1.807, 2.05) is 0 Å². The fraction of sp³-hybridized carbons (Fsp3) is 0.588. The smallest absolute Gasteiger partial charge is 0.251 e. The van der Waals surface area contributed by atoms with Crippen LogP contribution in [0.2, 0.25) is 0 Å². The quantitative estimate of drug-likeness (QED) is 0.716. The molecule has 0 aliphatic carbocycles. The van der Waals surface area contributed by atoms with Crippen LogP contribution in [0.1, 0.15) is 36.0 Å². The predicted molar refractivity (Wildman–Crippen MR) is 86.2 cm³/mol. The number of carbonyl (C=O) groups excluding carboxylic acids is 1. The van der Waals surface area contributed by atoms with Crippen molar-refractivity contribution in [3.8, 4) is 5.75 Å². The number of rotatable bonds is 8. The van der Waals surface area contributed by atoms with Gasteiger partial charge >= 0.3 is 0 Å². The molecule has 0 spiro atoms. The first-order valence-corrected chi connectivity index (χ1v) is 8.12. The Morgan fingerprint density at radius 1 is 1.48 bits per heavy atom. The minimum Gasteiger partial charge on any atom is -0.494 e. The van der Waals surface area contributed by atoms with E-state index in [1.54, 1.807) is 6.07 Å². The monoisotopic (exact) mass is 324 g/mol. The Kier molecular flexibility index (Phi) is 6.80. The molecule has 0 radical (unpaired) electrons. The van der Waals surface area contributed by atoms with Crippen LogP contribution >= 0.6 is 0 Å². The Morgan fingerprint density at radius 3 is 3.00 bits per heavy atom. The fourth-order valence-electron chi connectivity index (χ4n) is 2.95. The second-order valence-electron chi connectivity index (χ2n) is 5.83. The molecular weight excluding hydrogens is 299 g/mol. The van der Waals surface area contributed by atoms with Gasteiger partial charge < -0.3 is 15.2 Å². The first kappa shape index (κ1) is 17.7. The van der Waals surface area contributed by atoms with Gasteiger partial charge in [-0.2, -0.15) is 0 Å². The van der Waals surface area contributed by atoms with Crippen LogP contribution in [0, 0.1) is 5.82 Å². The summed E-state index contributed by atoms with van der Waals surface area (Å²) in [6.07, 6.45) is 4.04. The summed E-state index contributed by atoms with van der Waals surface area (Å²) in [6, 6.07) is 4.48. The number of nitrogens with zero attached hydrogens (tertiary/aromatic N) is 1. The lowest BCUT2D eigenvalue weighted by atomic mass is 10.2. The molecule has 1 aromatic carbocycles.